The summed E-state index contributed by atoms with van der Waals surface area (Å²) in [6, 6.07) is 5.52. The van der Waals surface area contributed by atoms with E-state index in [0.717, 1.165) is 24.4 Å². The summed E-state index contributed by atoms with van der Waals surface area (Å²) in [6.45, 7) is 3.28. The highest BCUT2D eigenvalue weighted by Crippen LogP contribution is 2.34. The van der Waals surface area contributed by atoms with Crippen LogP contribution in [0.2, 0.25) is 0 Å². The van der Waals surface area contributed by atoms with Crippen molar-refractivity contribution in [2.75, 3.05) is 27.3 Å². The maximum absolute atomic E-state index is 12.3. The number of methoxy groups -OCH3 is 1. The van der Waals surface area contributed by atoms with Gasteiger partial charge >= 0.3 is 0 Å². The summed E-state index contributed by atoms with van der Waals surface area (Å²) in [7, 11) is 3.45. The van der Waals surface area contributed by atoms with E-state index in [2.05, 4.69) is 4.98 Å². The van der Waals surface area contributed by atoms with Crippen molar-refractivity contribution in [2.45, 2.75) is 19.4 Å². The summed E-state index contributed by atoms with van der Waals surface area (Å²) in [4.78, 5) is 18.5. The molecule has 6 nitrogen and oxygen atoms in total. The number of benzene rings is 1. The first-order chi connectivity index (χ1) is 11.2. The largest absolute Gasteiger partial charge is 0.493 e. The molecule has 1 aromatic carbocycles. The normalized spacial score (nSPS) is 17.6. The minimum atomic E-state index is -0.185. The van der Waals surface area contributed by atoms with E-state index in [1.807, 2.05) is 42.9 Å². The van der Waals surface area contributed by atoms with Gasteiger partial charge in [-0.05, 0) is 31.5 Å². The first-order valence-corrected chi connectivity index (χ1v) is 7.74. The maximum atomic E-state index is 12.3. The number of hydrogen-bond donors (Lipinski definition) is 0. The van der Waals surface area contributed by atoms with E-state index in [0.29, 0.717) is 18.1 Å². The zero-order valence-corrected chi connectivity index (χ0v) is 13.7. The van der Waals surface area contributed by atoms with Crippen LogP contribution in [-0.2, 0) is 4.79 Å². The molecule has 2 aromatic rings. The Bertz CT molecular complexity index is 711. The van der Waals surface area contributed by atoms with Crippen molar-refractivity contribution in [3.8, 4) is 22.9 Å². The van der Waals surface area contributed by atoms with Crippen molar-refractivity contribution in [1.82, 2.24) is 14.5 Å². The number of aromatic nitrogens is 2. The standard InChI is InChI=1S/C17H21N3O3/c1-4-23-14-6-5-12(11-15(14)22-3)16-18-8-10-20(16)13-7-9-19(2)17(13)21/h5-6,8,10-11,13H,4,7,9H2,1-3H3. The van der Waals surface area contributed by atoms with Crippen LogP contribution in [0.15, 0.2) is 30.6 Å². The van der Waals surface area contributed by atoms with E-state index < -0.39 is 0 Å². The van der Waals surface area contributed by atoms with Gasteiger partial charge in [0.05, 0.1) is 13.7 Å². The maximum Gasteiger partial charge on any atom is 0.245 e. The summed E-state index contributed by atoms with van der Waals surface area (Å²) in [6.07, 6.45) is 4.39. The number of carbonyl (C=O) groups is 1. The van der Waals surface area contributed by atoms with Crippen LogP contribution in [0.1, 0.15) is 19.4 Å². The highest BCUT2D eigenvalue weighted by molar-refractivity contribution is 5.83. The lowest BCUT2D eigenvalue weighted by molar-refractivity contribution is -0.129. The van der Waals surface area contributed by atoms with Crippen LogP contribution in [-0.4, -0.2) is 47.7 Å². The number of hydrogen-bond acceptors (Lipinski definition) is 4. The molecular formula is C17H21N3O3. The van der Waals surface area contributed by atoms with Gasteiger partial charge in [-0.1, -0.05) is 0 Å². The van der Waals surface area contributed by atoms with Crippen molar-refractivity contribution in [3.05, 3.63) is 30.6 Å². The van der Waals surface area contributed by atoms with Gasteiger partial charge in [-0.25, -0.2) is 4.98 Å². The highest BCUT2D eigenvalue weighted by atomic mass is 16.5. The van der Waals surface area contributed by atoms with Gasteiger partial charge < -0.3 is 18.9 Å². The van der Waals surface area contributed by atoms with E-state index in [9.17, 15) is 4.79 Å². The van der Waals surface area contributed by atoms with Crippen molar-refractivity contribution in [1.29, 1.82) is 0 Å². The molecule has 0 radical (unpaired) electrons. The third kappa shape index (κ3) is 2.76. The van der Waals surface area contributed by atoms with E-state index in [-0.39, 0.29) is 11.9 Å². The highest BCUT2D eigenvalue weighted by Gasteiger charge is 2.31. The molecule has 1 fully saturated rings. The summed E-state index contributed by atoms with van der Waals surface area (Å²) < 4.78 is 12.9. The minimum Gasteiger partial charge on any atom is -0.493 e. The molecule has 0 saturated carbocycles. The van der Waals surface area contributed by atoms with Gasteiger partial charge in [-0.3, -0.25) is 4.79 Å². The molecule has 1 aromatic heterocycles. The van der Waals surface area contributed by atoms with Gasteiger partial charge in [-0.2, -0.15) is 0 Å². The predicted molar refractivity (Wildman–Crippen MR) is 86.7 cm³/mol. The van der Waals surface area contributed by atoms with Gasteiger partial charge in [0.1, 0.15) is 11.9 Å². The van der Waals surface area contributed by atoms with Crippen LogP contribution < -0.4 is 9.47 Å². The van der Waals surface area contributed by atoms with Crippen LogP contribution in [0.3, 0.4) is 0 Å². The fourth-order valence-corrected chi connectivity index (χ4v) is 2.93. The molecule has 122 valence electrons. The monoisotopic (exact) mass is 315 g/mol. The molecule has 3 rings (SSSR count). The lowest BCUT2D eigenvalue weighted by Gasteiger charge is -2.16. The topological polar surface area (TPSA) is 56.6 Å². The van der Waals surface area contributed by atoms with E-state index in [4.69, 9.17) is 9.47 Å². The fourth-order valence-electron chi connectivity index (χ4n) is 2.93. The molecule has 1 unspecified atom stereocenters. The smallest absolute Gasteiger partial charge is 0.245 e. The Balaban J connectivity index is 1.97. The number of rotatable bonds is 5. The number of ether oxygens (including phenoxy) is 2. The van der Waals surface area contributed by atoms with E-state index in [1.165, 1.54) is 0 Å². The van der Waals surface area contributed by atoms with Gasteiger partial charge in [0, 0.05) is 31.5 Å². The molecule has 6 heteroatoms. The minimum absolute atomic E-state index is 0.127. The van der Waals surface area contributed by atoms with E-state index in [1.54, 1.807) is 18.2 Å². The molecule has 0 bridgehead atoms. The Morgan fingerprint density at radius 2 is 2.17 bits per heavy atom. The molecule has 23 heavy (non-hydrogen) atoms. The predicted octanol–water partition coefficient (Wildman–Crippen LogP) is 2.36. The summed E-state index contributed by atoms with van der Waals surface area (Å²) >= 11 is 0. The Morgan fingerprint density at radius 3 is 2.83 bits per heavy atom. The average molecular weight is 315 g/mol. The van der Waals surface area contributed by atoms with Crippen LogP contribution in [0.5, 0.6) is 11.5 Å². The zero-order chi connectivity index (χ0) is 16.4. The third-order valence-electron chi connectivity index (χ3n) is 4.13. The van der Waals surface area contributed by atoms with Crippen molar-refractivity contribution < 1.29 is 14.3 Å². The van der Waals surface area contributed by atoms with E-state index >= 15 is 0 Å². The molecule has 2 heterocycles. The zero-order valence-electron chi connectivity index (χ0n) is 13.7. The summed E-state index contributed by atoms with van der Waals surface area (Å²) in [5.74, 6) is 2.25. The Kier molecular flexibility index (Phi) is 4.23. The molecule has 1 amide bonds. The lowest BCUT2D eigenvalue weighted by atomic mass is 10.1. The second-order valence-electron chi connectivity index (χ2n) is 5.52. The second-order valence-corrected chi connectivity index (χ2v) is 5.52. The fraction of sp³-hybridized carbons (Fsp3) is 0.412. The van der Waals surface area contributed by atoms with Gasteiger partial charge in [0.2, 0.25) is 5.91 Å². The Labute approximate surface area is 135 Å². The second kappa shape index (κ2) is 6.32. The molecule has 1 atom stereocenters. The summed E-state index contributed by atoms with van der Waals surface area (Å²) in [5.41, 5.74) is 0.901. The van der Waals surface area contributed by atoms with Crippen molar-refractivity contribution in [2.24, 2.45) is 0 Å². The SMILES string of the molecule is CCOc1ccc(-c2nccn2C2CCN(C)C2=O)cc1OC. The lowest BCUT2D eigenvalue weighted by Crippen LogP contribution is -2.24. The number of imidazole rings is 1. The first-order valence-electron chi connectivity index (χ1n) is 7.74. The van der Waals surface area contributed by atoms with Crippen LogP contribution in [0.25, 0.3) is 11.4 Å². The van der Waals surface area contributed by atoms with Crippen LogP contribution >= 0.6 is 0 Å². The molecule has 0 aliphatic carbocycles. The van der Waals surface area contributed by atoms with Gasteiger partial charge in [0.15, 0.2) is 11.5 Å². The van der Waals surface area contributed by atoms with Crippen molar-refractivity contribution in [3.63, 3.8) is 0 Å². The van der Waals surface area contributed by atoms with Crippen LogP contribution in [0.4, 0.5) is 0 Å². The molecule has 0 N–H and O–H groups in total. The number of carbonyl (C=O) groups excluding carboxylic acids is 1. The Hall–Kier alpha value is -2.50. The molecule has 0 spiro atoms. The van der Waals surface area contributed by atoms with Gasteiger partial charge in [0.25, 0.3) is 0 Å². The number of likely N-dealkylation sites (tertiary alicyclic amines) is 1. The number of nitrogens with zero attached hydrogens (tertiary/aromatic N) is 3. The summed E-state index contributed by atoms with van der Waals surface area (Å²) in [5, 5.41) is 0. The molecule has 1 saturated heterocycles. The van der Waals surface area contributed by atoms with Crippen molar-refractivity contribution >= 4 is 5.91 Å². The molecular weight excluding hydrogens is 294 g/mol. The molecule has 1 aliphatic heterocycles. The quantitative estimate of drug-likeness (QED) is 0.850. The first kappa shape index (κ1) is 15.4. The van der Waals surface area contributed by atoms with Gasteiger partial charge in [-0.15, -0.1) is 0 Å². The number of likely N-dealkylation sites (N-methyl/N-ethyl adjacent to an activating group) is 1. The van der Waals surface area contributed by atoms with Crippen LogP contribution in [0, 0.1) is 0 Å². The molecule has 1 aliphatic rings. The average Bonchev–Trinajstić information content (AvgIpc) is 3.16. The number of amides is 1. The Morgan fingerprint density at radius 1 is 1.35 bits per heavy atom. The third-order valence-corrected chi connectivity index (χ3v) is 4.13.